The van der Waals surface area contributed by atoms with E-state index in [1.807, 2.05) is 0 Å². The molecule has 0 bridgehead atoms. The van der Waals surface area contributed by atoms with Crippen LogP contribution < -0.4 is 10.6 Å². The first-order chi connectivity index (χ1) is 7.18. The van der Waals surface area contributed by atoms with Crippen molar-refractivity contribution in [2.45, 2.75) is 57.9 Å². The molecule has 0 saturated heterocycles. The van der Waals surface area contributed by atoms with E-state index in [9.17, 15) is 0 Å². The SMILES string of the molecule is CC1(CNC(=S)NC2CC2)CCCCC1. The van der Waals surface area contributed by atoms with Gasteiger partial charge in [-0.25, -0.2) is 0 Å². The summed E-state index contributed by atoms with van der Waals surface area (Å²) in [6.07, 6.45) is 9.48. The summed E-state index contributed by atoms with van der Waals surface area (Å²) in [6.45, 7) is 3.43. The van der Waals surface area contributed by atoms with Gasteiger partial charge in [0.2, 0.25) is 0 Å². The van der Waals surface area contributed by atoms with Crippen molar-refractivity contribution in [1.82, 2.24) is 10.6 Å². The molecule has 0 aliphatic heterocycles. The Morgan fingerprint density at radius 1 is 1.27 bits per heavy atom. The molecule has 0 atom stereocenters. The minimum Gasteiger partial charge on any atom is -0.362 e. The number of hydrogen-bond donors (Lipinski definition) is 2. The first kappa shape index (κ1) is 11.2. The number of hydrogen-bond acceptors (Lipinski definition) is 1. The van der Waals surface area contributed by atoms with Crippen LogP contribution in [0.5, 0.6) is 0 Å². The Labute approximate surface area is 98.2 Å². The molecule has 0 aromatic carbocycles. The average Bonchev–Trinajstić information content (AvgIpc) is 3.00. The summed E-state index contributed by atoms with van der Waals surface area (Å²) in [5, 5.41) is 7.58. The molecule has 2 aliphatic rings. The molecule has 0 unspecified atom stereocenters. The van der Waals surface area contributed by atoms with E-state index in [-0.39, 0.29) is 0 Å². The van der Waals surface area contributed by atoms with Crippen molar-refractivity contribution >= 4 is 17.3 Å². The van der Waals surface area contributed by atoms with Crippen LogP contribution in [0.15, 0.2) is 0 Å². The van der Waals surface area contributed by atoms with E-state index in [1.165, 1.54) is 44.9 Å². The summed E-state index contributed by atoms with van der Waals surface area (Å²) in [6, 6.07) is 0.671. The van der Waals surface area contributed by atoms with Crippen molar-refractivity contribution in [1.29, 1.82) is 0 Å². The third-order valence-corrected chi connectivity index (χ3v) is 3.91. The van der Waals surface area contributed by atoms with Crippen molar-refractivity contribution in [2.24, 2.45) is 5.41 Å². The zero-order valence-electron chi connectivity index (χ0n) is 9.64. The van der Waals surface area contributed by atoms with Gasteiger partial charge in [0, 0.05) is 12.6 Å². The average molecular weight is 226 g/mol. The summed E-state index contributed by atoms with van der Waals surface area (Å²) >= 11 is 5.27. The molecule has 2 fully saturated rings. The second-order valence-corrected chi connectivity index (χ2v) is 5.88. The number of nitrogens with one attached hydrogen (secondary N) is 2. The van der Waals surface area contributed by atoms with Crippen LogP contribution in [0.4, 0.5) is 0 Å². The lowest BCUT2D eigenvalue weighted by molar-refractivity contribution is 0.218. The summed E-state index contributed by atoms with van der Waals surface area (Å²) in [7, 11) is 0. The van der Waals surface area contributed by atoms with Gasteiger partial charge in [0.15, 0.2) is 5.11 Å². The van der Waals surface area contributed by atoms with E-state index < -0.39 is 0 Å². The van der Waals surface area contributed by atoms with Crippen LogP contribution in [-0.4, -0.2) is 17.7 Å². The highest BCUT2D eigenvalue weighted by Gasteiger charge is 2.27. The topological polar surface area (TPSA) is 24.1 Å². The van der Waals surface area contributed by atoms with Crippen LogP contribution >= 0.6 is 12.2 Å². The van der Waals surface area contributed by atoms with Gasteiger partial charge in [-0.05, 0) is 43.3 Å². The monoisotopic (exact) mass is 226 g/mol. The second-order valence-electron chi connectivity index (χ2n) is 5.47. The van der Waals surface area contributed by atoms with Crippen molar-refractivity contribution in [3.05, 3.63) is 0 Å². The molecule has 0 heterocycles. The lowest BCUT2D eigenvalue weighted by Crippen LogP contribution is -2.42. The highest BCUT2D eigenvalue weighted by atomic mass is 32.1. The predicted molar refractivity (Wildman–Crippen MR) is 68.0 cm³/mol. The summed E-state index contributed by atoms with van der Waals surface area (Å²) < 4.78 is 0. The molecule has 2 rings (SSSR count). The molecule has 2 N–H and O–H groups in total. The highest BCUT2D eigenvalue weighted by molar-refractivity contribution is 7.80. The van der Waals surface area contributed by atoms with Gasteiger partial charge in [-0.3, -0.25) is 0 Å². The molecule has 86 valence electrons. The van der Waals surface area contributed by atoms with Gasteiger partial charge in [0.25, 0.3) is 0 Å². The Kier molecular flexibility index (Phi) is 3.49. The van der Waals surface area contributed by atoms with E-state index in [0.29, 0.717) is 11.5 Å². The zero-order valence-corrected chi connectivity index (χ0v) is 10.5. The minimum atomic E-state index is 0.480. The van der Waals surface area contributed by atoms with E-state index in [1.54, 1.807) is 0 Å². The Morgan fingerprint density at radius 3 is 2.53 bits per heavy atom. The third kappa shape index (κ3) is 3.63. The van der Waals surface area contributed by atoms with Crippen LogP contribution in [-0.2, 0) is 0 Å². The molecule has 15 heavy (non-hydrogen) atoms. The fourth-order valence-corrected chi connectivity index (χ4v) is 2.58. The van der Waals surface area contributed by atoms with Gasteiger partial charge in [0.05, 0.1) is 0 Å². The Morgan fingerprint density at radius 2 is 1.93 bits per heavy atom. The Bertz CT molecular complexity index is 230. The maximum atomic E-state index is 5.27. The maximum Gasteiger partial charge on any atom is 0.166 e. The van der Waals surface area contributed by atoms with Crippen LogP contribution in [0.25, 0.3) is 0 Å². The van der Waals surface area contributed by atoms with Crippen molar-refractivity contribution in [3.8, 4) is 0 Å². The lowest BCUT2D eigenvalue weighted by atomic mass is 9.76. The molecule has 3 heteroatoms. The quantitative estimate of drug-likeness (QED) is 0.723. The van der Waals surface area contributed by atoms with Crippen molar-refractivity contribution in [2.75, 3.05) is 6.54 Å². The van der Waals surface area contributed by atoms with Crippen LogP contribution in [0.3, 0.4) is 0 Å². The largest absolute Gasteiger partial charge is 0.362 e. The fraction of sp³-hybridized carbons (Fsp3) is 0.917. The summed E-state index contributed by atoms with van der Waals surface area (Å²) in [4.78, 5) is 0. The molecule has 0 radical (unpaired) electrons. The fourth-order valence-electron chi connectivity index (χ4n) is 2.34. The van der Waals surface area contributed by atoms with Gasteiger partial charge in [0.1, 0.15) is 0 Å². The van der Waals surface area contributed by atoms with E-state index >= 15 is 0 Å². The smallest absolute Gasteiger partial charge is 0.166 e. The number of thiocarbonyl (C=S) groups is 1. The molecular weight excluding hydrogens is 204 g/mol. The summed E-state index contributed by atoms with van der Waals surface area (Å²) in [5.41, 5.74) is 0.480. The minimum absolute atomic E-state index is 0.480. The van der Waals surface area contributed by atoms with Crippen LogP contribution in [0, 0.1) is 5.41 Å². The molecule has 0 aromatic heterocycles. The third-order valence-electron chi connectivity index (χ3n) is 3.65. The van der Waals surface area contributed by atoms with Gasteiger partial charge in [-0.1, -0.05) is 26.2 Å². The molecule has 2 saturated carbocycles. The highest BCUT2D eigenvalue weighted by Crippen LogP contribution is 2.34. The first-order valence-corrected chi connectivity index (χ1v) is 6.63. The zero-order chi connectivity index (χ0) is 10.7. The van der Waals surface area contributed by atoms with E-state index in [4.69, 9.17) is 12.2 Å². The van der Waals surface area contributed by atoms with E-state index in [2.05, 4.69) is 17.6 Å². The normalized spacial score (nSPS) is 24.6. The molecule has 0 amide bonds. The molecule has 0 spiro atoms. The number of rotatable bonds is 3. The standard InChI is InChI=1S/C12H22N2S/c1-12(7-3-2-4-8-12)9-13-11(15)14-10-5-6-10/h10H,2-9H2,1H3,(H2,13,14,15). The van der Waals surface area contributed by atoms with Gasteiger partial charge < -0.3 is 10.6 Å². The maximum absolute atomic E-state index is 5.27. The van der Waals surface area contributed by atoms with Crippen LogP contribution in [0.2, 0.25) is 0 Å². The van der Waals surface area contributed by atoms with Gasteiger partial charge in [-0.15, -0.1) is 0 Å². The molecule has 0 aromatic rings. The van der Waals surface area contributed by atoms with Crippen molar-refractivity contribution in [3.63, 3.8) is 0 Å². The first-order valence-electron chi connectivity index (χ1n) is 6.22. The Balaban J connectivity index is 1.68. The lowest BCUT2D eigenvalue weighted by Gasteiger charge is -2.34. The molecular formula is C12H22N2S. The van der Waals surface area contributed by atoms with Gasteiger partial charge >= 0.3 is 0 Å². The van der Waals surface area contributed by atoms with Crippen LogP contribution in [0.1, 0.15) is 51.9 Å². The predicted octanol–water partition coefficient (Wildman–Crippen LogP) is 2.58. The summed E-state index contributed by atoms with van der Waals surface area (Å²) in [5.74, 6) is 0. The van der Waals surface area contributed by atoms with Crippen molar-refractivity contribution < 1.29 is 0 Å². The van der Waals surface area contributed by atoms with Gasteiger partial charge in [-0.2, -0.15) is 0 Å². The van der Waals surface area contributed by atoms with E-state index in [0.717, 1.165) is 11.7 Å². The molecule has 2 nitrogen and oxygen atoms in total. The second kappa shape index (κ2) is 4.69. The Hall–Kier alpha value is -0.310. The molecule has 2 aliphatic carbocycles.